The molecular formula is C18H30N6O9S. The molecule has 16 heteroatoms. The van der Waals surface area contributed by atoms with Crippen LogP contribution >= 0.6 is 11.8 Å². The Morgan fingerprint density at radius 1 is 0.765 bits per heavy atom. The van der Waals surface area contributed by atoms with Gasteiger partial charge in [0.25, 0.3) is 0 Å². The summed E-state index contributed by atoms with van der Waals surface area (Å²) in [7, 11) is 0. The van der Waals surface area contributed by atoms with E-state index < -0.39 is 84.9 Å². The molecule has 4 atom stereocenters. The lowest BCUT2D eigenvalue weighted by atomic mass is 10.1. The zero-order valence-corrected chi connectivity index (χ0v) is 19.3. The molecule has 0 radical (unpaired) electrons. The Morgan fingerprint density at radius 2 is 1.24 bits per heavy atom. The highest BCUT2D eigenvalue weighted by molar-refractivity contribution is 7.98. The highest BCUT2D eigenvalue weighted by Crippen LogP contribution is 2.05. The van der Waals surface area contributed by atoms with Crippen LogP contribution in [-0.4, -0.2) is 87.9 Å². The Balaban J connectivity index is 5.47. The molecular weight excluding hydrogens is 476 g/mol. The zero-order valence-electron chi connectivity index (χ0n) is 18.4. The van der Waals surface area contributed by atoms with Crippen molar-refractivity contribution < 1.29 is 43.8 Å². The molecule has 0 aliphatic rings. The van der Waals surface area contributed by atoms with E-state index in [1.807, 2.05) is 0 Å². The molecule has 0 aliphatic heterocycles. The van der Waals surface area contributed by atoms with Crippen LogP contribution in [0.1, 0.15) is 32.1 Å². The molecule has 0 aromatic heterocycles. The molecule has 0 aliphatic carbocycles. The topological polar surface area (TPSA) is 274 Å². The van der Waals surface area contributed by atoms with Gasteiger partial charge in [0.05, 0.1) is 18.9 Å². The highest BCUT2D eigenvalue weighted by atomic mass is 32.2. The van der Waals surface area contributed by atoms with E-state index in [0.29, 0.717) is 5.75 Å². The van der Waals surface area contributed by atoms with E-state index in [-0.39, 0.29) is 12.8 Å². The largest absolute Gasteiger partial charge is 0.481 e. The third kappa shape index (κ3) is 12.6. The van der Waals surface area contributed by atoms with E-state index in [1.54, 1.807) is 6.26 Å². The van der Waals surface area contributed by atoms with Gasteiger partial charge in [-0.05, 0) is 24.9 Å². The second-order valence-corrected chi connectivity index (χ2v) is 8.17. The van der Waals surface area contributed by atoms with Crippen LogP contribution in [0.25, 0.3) is 0 Å². The van der Waals surface area contributed by atoms with E-state index in [9.17, 15) is 33.6 Å². The summed E-state index contributed by atoms with van der Waals surface area (Å²) in [5.41, 5.74) is 15.7. The summed E-state index contributed by atoms with van der Waals surface area (Å²) >= 11 is 1.32. The number of rotatable bonds is 17. The molecule has 0 bridgehead atoms. The second-order valence-electron chi connectivity index (χ2n) is 7.18. The lowest BCUT2D eigenvalue weighted by Crippen LogP contribution is -2.58. The summed E-state index contributed by atoms with van der Waals surface area (Å²) in [6, 6.07) is -5.75. The zero-order chi connectivity index (χ0) is 26.4. The van der Waals surface area contributed by atoms with Gasteiger partial charge in [-0.2, -0.15) is 11.8 Å². The van der Waals surface area contributed by atoms with Gasteiger partial charge < -0.3 is 43.4 Å². The van der Waals surface area contributed by atoms with Crippen molar-refractivity contribution >= 4 is 53.2 Å². The van der Waals surface area contributed by atoms with Gasteiger partial charge in [0.2, 0.25) is 29.5 Å². The standard InChI is InChI=1S/C18H30N6O9S/c1-34-5-4-9(16(30)24-11(18(32)33)7-13(21)26)22-17(31)10(6-12(20)25)23-15(29)8(19)2-3-14(27)28/h8-11H,2-7,19H2,1H3,(H2,20,25)(H2,21,26)(H,22,31)(H,23,29)(H,24,30)(H,27,28)(H,32,33). The van der Waals surface area contributed by atoms with Gasteiger partial charge in [-0.3, -0.25) is 28.8 Å². The van der Waals surface area contributed by atoms with E-state index in [0.717, 1.165) is 0 Å². The minimum atomic E-state index is -1.63. The van der Waals surface area contributed by atoms with E-state index in [2.05, 4.69) is 16.0 Å². The molecule has 0 spiro atoms. The predicted octanol–water partition coefficient (Wildman–Crippen LogP) is -3.78. The van der Waals surface area contributed by atoms with Crippen LogP contribution in [-0.2, 0) is 33.6 Å². The number of carboxylic acid groups (broad SMARTS) is 2. The summed E-state index contributed by atoms with van der Waals surface area (Å²) in [5, 5.41) is 24.5. The van der Waals surface area contributed by atoms with E-state index >= 15 is 0 Å². The van der Waals surface area contributed by atoms with Crippen molar-refractivity contribution in [2.45, 2.75) is 56.3 Å². The average Bonchev–Trinajstić information content (AvgIpc) is 2.72. The maximum atomic E-state index is 12.7. The fourth-order valence-electron chi connectivity index (χ4n) is 2.55. The third-order valence-corrected chi connectivity index (χ3v) is 4.95. The van der Waals surface area contributed by atoms with Gasteiger partial charge in [-0.15, -0.1) is 0 Å². The van der Waals surface area contributed by atoms with Crippen molar-refractivity contribution in [2.24, 2.45) is 17.2 Å². The van der Waals surface area contributed by atoms with Crippen molar-refractivity contribution in [1.82, 2.24) is 16.0 Å². The Kier molecular flexibility index (Phi) is 13.9. The van der Waals surface area contributed by atoms with Crippen LogP contribution in [0.4, 0.5) is 0 Å². The van der Waals surface area contributed by atoms with Gasteiger partial charge in [-0.25, -0.2) is 4.79 Å². The Labute approximate surface area is 198 Å². The SMILES string of the molecule is CSCCC(NC(=O)C(CC(N)=O)NC(=O)C(N)CCC(=O)O)C(=O)NC(CC(N)=O)C(=O)O. The quantitative estimate of drug-likeness (QED) is 0.0947. The maximum absolute atomic E-state index is 12.7. The molecule has 0 rings (SSSR count). The molecule has 34 heavy (non-hydrogen) atoms. The minimum absolute atomic E-state index is 0.0387. The molecule has 15 nitrogen and oxygen atoms in total. The van der Waals surface area contributed by atoms with Crippen LogP contribution in [0.2, 0.25) is 0 Å². The summed E-state index contributed by atoms with van der Waals surface area (Å²) in [5.74, 6) is -7.11. The number of nitrogens with two attached hydrogens (primary N) is 3. The number of aliphatic carboxylic acids is 2. The Bertz CT molecular complexity index is 794. The molecule has 0 saturated carbocycles. The maximum Gasteiger partial charge on any atom is 0.326 e. The molecule has 0 saturated heterocycles. The first kappa shape index (κ1) is 30.6. The first-order chi connectivity index (χ1) is 15.8. The van der Waals surface area contributed by atoms with Gasteiger partial charge in [0.15, 0.2) is 0 Å². The smallest absolute Gasteiger partial charge is 0.326 e. The third-order valence-electron chi connectivity index (χ3n) is 4.31. The van der Waals surface area contributed by atoms with Gasteiger partial charge in [0.1, 0.15) is 18.1 Å². The average molecular weight is 507 g/mol. The number of primary amides is 2. The van der Waals surface area contributed by atoms with Crippen molar-refractivity contribution in [3.8, 4) is 0 Å². The number of carbonyl (C=O) groups excluding carboxylic acids is 5. The molecule has 4 unspecified atom stereocenters. The monoisotopic (exact) mass is 506 g/mol. The number of hydrogen-bond donors (Lipinski definition) is 8. The lowest BCUT2D eigenvalue weighted by molar-refractivity contribution is -0.144. The van der Waals surface area contributed by atoms with Crippen molar-refractivity contribution in [3.63, 3.8) is 0 Å². The molecule has 192 valence electrons. The molecule has 0 aromatic rings. The highest BCUT2D eigenvalue weighted by Gasteiger charge is 2.31. The number of amides is 5. The van der Waals surface area contributed by atoms with Crippen LogP contribution < -0.4 is 33.2 Å². The number of nitrogens with one attached hydrogen (secondary N) is 3. The van der Waals surface area contributed by atoms with Crippen molar-refractivity contribution in [1.29, 1.82) is 0 Å². The van der Waals surface area contributed by atoms with Crippen molar-refractivity contribution in [3.05, 3.63) is 0 Å². The summed E-state index contributed by atoms with van der Waals surface area (Å²) in [6.45, 7) is 0. The predicted molar refractivity (Wildman–Crippen MR) is 119 cm³/mol. The van der Waals surface area contributed by atoms with E-state index in [1.165, 1.54) is 11.8 Å². The molecule has 0 aromatic carbocycles. The number of carbonyl (C=O) groups is 7. The first-order valence-electron chi connectivity index (χ1n) is 9.95. The second kappa shape index (κ2) is 15.4. The van der Waals surface area contributed by atoms with Crippen molar-refractivity contribution in [2.75, 3.05) is 12.0 Å². The number of carboxylic acids is 2. The normalized spacial score (nSPS) is 14.1. The Morgan fingerprint density at radius 3 is 1.71 bits per heavy atom. The minimum Gasteiger partial charge on any atom is -0.481 e. The summed E-state index contributed by atoms with van der Waals surface area (Å²) in [4.78, 5) is 81.9. The lowest BCUT2D eigenvalue weighted by Gasteiger charge is -2.24. The van der Waals surface area contributed by atoms with Gasteiger partial charge in [0, 0.05) is 6.42 Å². The van der Waals surface area contributed by atoms with Crippen LogP contribution in [0.15, 0.2) is 0 Å². The number of hydrogen-bond acceptors (Lipinski definition) is 9. The fourth-order valence-corrected chi connectivity index (χ4v) is 3.02. The summed E-state index contributed by atoms with van der Waals surface area (Å²) < 4.78 is 0. The fraction of sp³-hybridized carbons (Fsp3) is 0.611. The summed E-state index contributed by atoms with van der Waals surface area (Å²) in [6.07, 6.45) is -0.219. The first-order valence-corrected chi connectivity index (χ1v) is 11.3. The van der Waals surface area contributed by atoms with Crippen LogP contribution in [0, 0.1) is 0 Å². The molecule has 0 fully saturated rings. The van der Waals surface area contributed by atoms with Gasteiger partial charge in [-0.1, -0.05) is 0 Å². The molecule has 11 N–H and O–H groups in total. The van der Waals surface area contributed by atoms with Crippen LogP contribution in [0.3, 0.4) is 0 Å². The van der Waals surface area contributed by atoms with Crippen LogP contribution in [0.5, 0.6) is 0 Å². The van der Waals surface area contributed by atoms with Gasteiger partial charge >= 0.3 is 11.9 Å². The number of thioether (sulfide) groups is 1. The Hall–Kier alpha value is -3.40. The molecule has 0 heterocycles. The molecule has 5 amide bonds. The van der Waals surface area contributed by atoms with E-state index in [4.69, 9.17) is 27.4 Å².